The second-order valence-corrected chi connectivity index (χ2v) is 3.49. The lowest BCUT2D eigenvalue weighted by Gasteiger charge is -2.10. The van der Waals surface area contributed by atoms with Crippen molar-refractivity contribution < 1.29 is 36.8 Å². The Morgan fingerprint density at radius 3 is 1.58 bits per heavy atom. The van der Waals surface area contributed by atoms with Crippen molar-refractivity contribution in [3.63, 3.8) is 0 Å². The Balaban J connectivity index is 2.69. The Morgan fingerprint density at radius 1 is 0.895 bits per heavy atom. The molecule has 0 unspecified atom stereocenters. The number of hydrogen-bond acceptors (Lipinski definition) is 4. The number of carbonyl (C=O) groups is 3. The Bertz CT molecular complexity index is 596. The van der Waals surface area contributed by atoms with Crippen molar-refractivity contribution in [3.05, 3.63) is 34.4 Å². The van der Waals surface area contributed by atoms with E-state index in [9.17, 15) is 31.9 Å². The molecule has 2 amide bonds. The average molecular weight is 277 g/mol. The van der Waals surface area contributed by atoms with E-state index in [1.54, 1.807) is 0 Å². The van der Waals surface area contributed by atoms with Crippen LogP contribution in [0.2, 0.25) is 0 Å². The van der Waals surface area contributed by atoms with Gasteiger partial charge >= 0.3 is 5.97 Å². The van der Waals surface area contributed by atoms with Gasteiger partial charge in [-0.25, -0.2) is 22.4 Å². The SMILES string of the molecule is CC(=O)ON1C(=O)c2c(F)c(F)c(F)c(F)c2C1=O. The van der Waals surface area contributed by atoms with Crippen LogP contribution >= 0.6 is 0 Å². The minimum absolute atomic E-state index is 0.266. The maximum absolute atomic E-state index is 13.4. The van der Waals surface area contributed by atoms with Crippen LogP contribution in [0, 0.1) is 23.3 Å². The molecule has 0 atom stereocenters. The lowest BCUT2D eigenvalue weighted by atomic mass is 10.1. The maximum atomic E-state index is 13.4. The molecule has 0 aromatic heterocycles. The Labute approximate surface area is 102 Å². The van der Waals surface area contributed by atoms with Gasteiger partial charge in [0.15, 0.2) is 23.3 Å². The number of imide groups is 1. The molecule has 1 aliphatic rings. The van der Waals surface area contributed by atoms with Gasteiger partial charge in [-0.05, 0) is 0 Å². The molecular weight excluding hydrogens is 274 g/mol. The molecule has 100 valence electrons. The van der Waals surface area contributed by atoms with E-state index in [0.29, 0.717) is 0 Å². The number of amides is 2. The van der Waals surface area contributed by atoms with Gasteiger partial charge in [0.2, 0.25) is 0 Å². The van der Waals surface area contributed by atoms with Gasteiger partial charge in [-0.15, -0.1) is 0 Å². The molecule has 1 aromatic carbocycles. The van der Waals surface area contributed by atoms with Crippen LogP contribution in [0.25, 0.3) is 0 Å². The highest BCUT2D eigenvalue weighted by atomic mass is 19.2. The fraction of sp³-hybridized carbons (Fsp3) is 0.100. The number of hydrogen-bond donors (Lipinski definition) is 0. The lowest BCUT2D eigenvalue weighted by molar-refractivity contribution is -0.165. The fourth-order valence-corrected chi connectivity index (χ4v) is 1.54. The Kier molecular flexibility index (Phi) is 2.76. The summed E-state index contributed by atoms with van der Waals surface area (Å²) in [5, 5.41) is -0.266. The normalized spacial score (nSPS) is 13.8. The standard InChI is InChI=1S/C10H3F4NO4/c1-2(16)19-15-9(17)3-4(10(15)18)6(12)8(14)7(13)5(3)11/h1H3. The van der Waals surface area contributed by atoms with Crippen LogP contribution in [0.5, 0.6) is 0 Å². The Hall–Kier alpha value is -2.45. The van der Waals surface area contributed by atoms with Crippen LogP contribution in [-0.2, 0) is 9.63 Å². The molecule has 1 heterocycles. The first-order valence-electron chi connectivity index (χ1n) is 4.70. The zero-order valence-electron chi connectivity index (χ0n) is 9.09. The number of nitrogens with zero attached hydrogens (tertiary/aromatic N) is 1. The van der Waals surface area contributed by atoms with Crippen LogP contribution in [0.4, 0.5) is 17.6 Å². The van der Waals surface area contributed by atoms with E-state index in [4.69, 9.17) is 0 Å². The summed E-state index contributed by atoms with van der Waals surface area (Å²) in [7, 11) is 0. The molecule has 2 rings (SSSR count). The van der Waals surface area contributed by atoms with Gasteiger partial charge in [0.25, 0.3) is 11.8 Å². The summed E-state index contributed by atoms with van der Waals surface area (Å²) in [4.78, 5) is 37.8. The highest BCUT2D eigenvalue weighted by Crippen LogP contribution is 2.31. The van der Waals surface area contributed by atoms with Crippen LogP contribution < -0.4 is 0 Å². The minimum atomic E-state index is -2.23. The van der Waals surface area contributed by atoms with Crippen molar-refractivity contribution in [2.45, 2.75) is 6.92 Å². The molecule has 1 aliphatic heterocycles. The lowest BCUT2D eigenvalue weighted by Crippen LogP contribution is -2.32. The molecule has 19 heavy (non-hydrogen) atoms. The van der Waals surface area contributed by atoms with Crippen molar-refractivity contribution in [2.75, 3.05) is 0 Å². The first-order chi connectivity index (χ1) is 8.77. The van der Waals surface area contributed by atoms with Gasteiger partial charge < -0.3 is 4.84 Å². The van der Waals surface area contributed by atoms with E-state index in [1.165, 1.54) is 0 Å². The van der Waals surface area contributed by atoms with Crippen LogP contribution in [0.15, 0.2) is 0 Å². The van der Waals surface area contributed by atoms with Crippen molar-refractivity contribution in [1.82, 2.24) is 5.06 Å². The molecule has 0 fully saturated rings. The van der Waals surface area contributed by atoms with E-state index >= 15 is 0 Å². The molecule has 0 radical (unpaired) electrons. The van der Waals surface area contributed by atoms with E-state index in [2.05, 4.69) is 4.84 Å². The fourth-order valence-electron chi connectivity index (χ4n) is 1.54. The summed E-state index contributed by atoms with van der Waals surface area (Å²) in [6.07, 6.45) is 0. The molecule has 0 aliphatic carbocycles. The highest BCUT2D eigenvalue weighted by molar-refractivity contribution is 6.21. The van der Waals surface area contributed by atoms with E-state index in [0.717, 1.165) is 6.92 Å². The van der Waals surface area contributed by atoms with Crippen LogP contribution in [0.1, 0.15) is 27.6 Å². The largest absolute Gasteiger partial charge is 0.330 e. The van der Waals surface area contributed by atoms with E-state index in [-0.39, 0.29) is 5.06 Å². The number of halogens is 4. The molecule has 1 aromatic rings. The predicted octanol–water partition coefficient (Wildman–Crippen LogP) is 1.32. The number of benzene rings is 1. The predicted molar refractivity (Wildman–Crippen MR) is 48.5 cm³/mol. The summed E-state index contributed by atoms with van der Waals surface area (Å²) < 4.78 is 52.6. The van der Waals surface area contributed by atoms with E-state index in [1.807, 2.05) is 0 Å². The second kappa shape index (κ2) is 4.04. The number of fused-ring (bicyclic) bond motifs is 1. The Morgan fingerprint density at radius 2 is 1.26 bits per heavy atom. The third-order valence-electron chi connectivity index (χ3n) is 2.28. The quantitative estimate of drug-likeness (QED) is 0.336. The summed E-state index contributed by atoms with van der Waals surface area (Å²) in [6.45, 7) is 0.817. The van der Waals surface area contributed by atoms with Gasteiger partial charge in [0.05, 0.1) is 11.1 Å². The van der Waals surface area contributed by atoms with Crippen LogP contribution in [0.3, 0.4) is 0 Å². The van der Waals surface area contributed by atoms with Crippen molar-refractivity contribution in [3.8, 4) is 0 Å². The first-order valence-corrected chi connectivity index (χ1v) is 4.70. The van der Waals surface area contributed by atoms with Gasteiger partial charge in [0.1, 0.15) is 0 Å². The molecule has 0 saturated heterocycles. The zero-order valence-corrected chi connectivity index (χ0v) is 9.09. The van der Waals surface area contributed by atoms with Gasteiger partial charge in [-0.3, -0.25) is 9.59 Å². The molecule has 9 heteroatoms. The zero-order chi connectivity index (χ0) is 14.5. The van der Waals surface area contributed by atoms with Gasteiger partial charge in [-0.2, -0.15) is 0 Å². The van der Waals surface area contributed by atoms with Gasteiger partial charge in [-0.1, -0.05) is 5.06 Å². The maximum Gasteiger partial charge on any atom is 0.330 e. The summed E-state index contributed by atoms with van der Waals surface area (Å²) in [5.74, 6) is -12.8. The number of rotatable bonds is 1. The minimum Gasteiger partial charge on any atom is -0.330 e. The number of hydroxylamine groups is 2. The molecular formula is C10H3F4NO4. The monoisotopic (exact) mass is 277 g/mol. The van der Waals surface area contributed by atoms with Crippen LogP contribution in [-0.4, -0.2) is 22.8 Å². The third-order valence-corrected chi connectivity index (χ3v) is 2.28. The molecule has 0 N–H and O–H groups in total. The smallest absolute Gasteiger partial charge is 0.330 e. The molecule has 0 spiro atoms. The van der Waals surface area contributed by atoms with Gasteiger partial charge in [0, 0.05) is 6.92 Å². The first kappa shape index (κ1) is 13.0. The summed E-state index contributed by atoms with van der Waals surface area (Å²) in [6, 6.07) is 0. The van der Waals surface area contributed by atoms with Crippen molar-refractivity contribution in [2.24, 2.45) is 0 Å². The molecule has 5 nitrogen and oxygen atoms in total. The average Bonchev–Trinajstić information content (AvgIpc) is 2.58. The van der Waals surface area contributed by atoms with Crippen molar-refractivity contribution in [1.29, 1.82) is 0 Å². The van der Waals surface area contributed by atoms with Crippen molar-refractivity contribution >= 4 is 17.8 Å². The second-order valence-electron chi connectivity index (χ2n) is 3.49. The molecule has 0 bridgehead atoms. The molecule has 0 saturated carbocycles. The summed E-state index contributed by atoms with van der Waals surface area (Å²) in [5.41, 5.74) is -2.63. The third kappa shape index (κ3) is 1.65. The highest BCUT2D eigenvalue weighted by Gasteiger charge is 2.46. The number of carbonyl (C=O) groups excluding carboxylic acids is 3. The topological polar surface area (TPSA) is 63.7 Å². The summed E-state index contributed by atoms with van der Waals surface area (Å²) >= 11 is 0. The van der Waals surface area contributed by atoms with E-state index < -0.39 is 52.2 Å².